The molecule has 0 aliphatic carbocycles. The van der Waals surface area contributed by atoms with Crippen LogP contribution in [0.1, 0.15) is 31.7 Å². The van der Waals surface area contributed by atoms with E-state index in [1.807, 2.05) is 0 Å². The van der Waals surface area contributed by atoms with Crippen molar-refractivity contribution in [1.29, 1.82) is 0 Å². The number of hydrogen-bond donors (Lipinski definition) is 0. The molecule has 1 heteroatoms. The predicted molar refractivity (Wildman–Crippen MR) is 76.7 cm³/mol. The average Bonchev–Trinajstić information content (AvgIpc) is 2.43. The fourth-order valence-electron chi connectivity index (χ4n) is 2.35. The zero-order valence-electron chi connectivity index (χ0n) is 10.9. The zero-order valence-corrected chi connectivity index (χ0v) is 10.9. The Morgan fingerprint density at radius 1 is 1.11 bits per heavy atom. The van der Waals surface area contributed by atoms with Crippen LogP contribution in [-0.4, -0.2) is 6.29 Å². The molecule has 2 rings (SSSR count). The first kappa shape index (κ1) is 12.8. The molecule has 1 unspecified atom stereocenters. The summed E-state index contributed by atoms with van der Waals surface area (Å²) in [7, 11) is 0. The monoisotopic (exact) mass is 240 g/mol. The van der Waals surface area contributed by atoms with E-state index < -0.39 is 0 Å². The molecule has 0 bridgehead atoms. The summed E-state index contributed by atoms with van der Waals surface area (Å²) in [6.07, 6.45) is 5.28. The van der Waals surface area contributed by atoms with Crippen LogP contribution in [0.25, 0.3) is 10.8 Å². The molecule has 0 amide bonds. The molecule has 1 atom stereocenters. The summed E-state index contributed by atoms with van der Waals surface area (Å²) in [5.74, 6) is 0.172. The van der Waals surface area contributed by atoms with Crippen LogP contribution in [0.5, 0.6) is 0 Å². The fourth-order valence-corrected chi connectivity index (χ4v) is 2.35. The van der Waals surface area contributed by atoms with Gasteiger partial charge in [0, 0.05) is 5.92 Å². The lowest BCUT2D eigenvalue weighted by Gasteiger charge is -2.10. The van der Waals surface area contributed by atoms with E-state index in [1.54, 1.807) is 0 Å². The van der Waals surface area contributed by atoms with E-state index in [4.69, 9.17) is 0 Å². The van der Waals surface area contributed by atoms with Crippen molar-refractivity contribution in [2.45, 2.75) is 32.6 Å². The van der Waals surface area contributed by atoms with Gasteiger partial charge in [-0.15, -0.1) is 0 Å². The Labute approximate surface area is 109 Å². The molecule has 0 aromatic heterocycles. The quantitative estimate of drug-likeness (QED) is 0.684. The molecule has 0 saturated carbocycles. The van der Waals surface area contributed by atoms with Crippen LogP contribution in [-0.2, 0) is 11.2 Å². The highest BCUT2D eigenvalue weighted by Crippen LogP contribution is 2.19. The van der Waals surface area contributed by atoms with E-state index in [2.05, 4.69) is 49.4 Å². The Bertz CT molecular complexity index is 516. The van der Waals surface area contributed by atoms with E-state index in [0.717, 1.165) is 32.0 Å². The summed E-state index contributed by atoms with van der Waals surface area (Å²) in [5, 5.41) is 2.52. The van der Waals surface area contributed by atoms with Crippen LogP contribution in [0.4, 0.5) is 0 Å². The van der Waals surface area contributed by atoms with Crippen LogP contribution in [0.2, 0.25) is 0 Å². The maximum Gasteiger partial charge on any atom is 0.123 e. The third-order valence-electron chi connectivity index (χ3n) is 3.43. The van der Waals surface area contributed by atoms with Gasteiger partial charge in [-0.25, -0.2) is 0 Å². The average molecular weight is 240 g/mol. The molecule has 2 aromatic carbocycles. The lowest BCUT2D eigenvalue weighted by molar-refractivity contribution is -0.111. The first-order chi connectivity index (χ1) is 8.83. The van der Waals surface area contributed by atoms with Crippen molar-refractivity contribution in [2.24, 2.45) is 5.92 Å². The number of fused-ring (bicyclic) bond motifs is 1. The summed E-state index contributed by atoms with van der Waals surface area (Å²) in [5.41, 5.74) is 1.27. The van der Waals surface area contributed by atoms with Gasteiger partial charge in [-0.2, -0.15) is 0 Å². The summed E-state index contributed by atoms with van der Waals surface area (Å²) >= 11 is 0. The minimum Gasteiger partial charge on any atom is -0.303 e. The van der Waals surface area contributed by atoms with Gasteiger partial charge < -0.3 is 4.79 Å². The van der Waals surface area contributed by atoms with Gasteiger partial charge in [0.25, 0.3) is 0 Å². The second kappa shape index (κ2) is 6.34. The zero-order chi connectivity index (χ0) is 12.8. The van der Waals surface area contributed by atoms with E-state index >= 15 is 0 Å². The molecule has 94 valence electrons. The third-order valence-corrected chi connectivity index (χ3v) is 3.43. The van der Waals surface area contributed by atoms with Gasteiger partial charge >= 0.3 is 0 Å². The standard InChI is InChI=1S/C17H20O/c1-2-3-6-15(13-18)11-14-9-10-16-7-4-5-8-17(16)12-14/h4-5,7-10,12-13,15H,2-3,6,11H2,1H3. The molecule has 0 aliphatic heterocycles. The lowest BCUT2D eigenvalue weighted by Crippen LogP contribution is -2.06. The predicted octanol–water partition coefficient (Wildman–Crippen LogP) is 4.39. The van der Waals surface area contributed by atoms with Crippen LogP contribution >= 0.6 is 0 Å². The van der Waals surface area contributed by atoms with Gasteiger partial charge in [-0.1, -0.05) is 62.2 Å². The SMILES string of the molecule is CCCCC(C=O)Cc1ccc2ccccc2c1. The van der Waals surface area contributed by atoms with Gasteiger partial charge in [-0.3, -0.25) is 0 Å². The number of carbonyl (C=O) groups excluding carboxylic acids is 1. The molecular weight excluding hydrogens is 220 g/mol. The van der Waals surface area contributed by atoms with Crippen LogP contribution < -0.4 is 0 Å². The van der Waals surface area contributed by atoms with Crippen molar-refractivity contribution in [1.82, 2.24) is 0 Å². The summed E-state index contributed by atoms with van der Waals surface area (Å²) in [6.45, 7) is 2.16. The normalized spacial score (nSPS) is 12.5. The molecule has 0 saturated heterocycles. The molecule has 2 aromatic rings. The molecule has 0 fully saturated rings. The second-order valence-corrected chi connectivity index (χ2v) is 4.92. The Balaban J connectivity index is 2.12. The minimum atomic E-state index is 0.172. The Hall–Kier alpha value is -1.63. The summed E-state index contributed by atoms with van der Waals surface area (Å²) < 4.78 is 0. The number of hydrogen-bond acceptors (Lipinski definition) is 1. The number of rotatable bonds is 6. The van der Waals surface area contributed by atoms with Crippen molar-refractivity contribution < 1.29 is 4.79 Å². The van der Waals surface area contributed by atoms with Crippen molar-refractivity contribution in [3.8, 4) is 0 Å². The molecule has 0 spiro atoms. The minimum absolute atomic E-state index is 0.172. The van der Waals surface area contributed by atoms with Crippen LogP contribution in [0, 0.1) is 5.92 Å². The highest BCUT2D eigenvalue weighted by atomic mass is 16.1. The molecule has 0 aliphatic rings. The topological polar surface area (TPSA) is 17.1 Å². The van der Waals surface area contributed by atoms with Crippen molar-refractivity contribution in [3.63, 3.8) is 0 Å². The molecule has 1 nitrogen and oxygen atoms in total. The van der Waals surface area contributed by atoms with Gasteiger partial charge in [-0.05, 0) is 29.2 Å². The van der Waals surface area contributed by atoms with Crippen molar-refractivity contribution in [2.75, 3.05) is 0 Å². The van der Waals surface area contributed by atoms with E-state index in [0.29, 0.717) is 0 Å². The molecule has 0 radical (unpaired) electrons. The number of benzene rings is 2. The van der Waals surface area contributed by atoms with Gasteiger partial charge in [0.15, 0.2) is 0 Å². The van der Waals surface area contributed by atoms with Gasteiger partial charge in [0.1, 0.15) is 6.29 Å². The van der Waals surface area contributed by atoms with Crippen LogP contribution in [0.15, 0.2) is 42.5 Å². The Morgan fingerprint density at radius 3 is 2.61 bits per heavy atom. The molecule has 0 heterocycles. The van der Waals surface area contributed by atoms with E-state index in [1.165, 1.54) is 16.3 Å². The van der Waals surface area contributed by atoms with E-state index in [-0.39, 0.29) is 5.92 Å². The lowest BCUT2D eigenvalue weighted by atomic mass is 9.94. The molecular formula is C17H20O. The third kappa shape index (κ3) is 3.19. The van der Waals surface area contributed by atoms with Gasteiger partial charge in [0.05, 0.1) is 0 Å². The number of unbranched alkanes of at least 4 members (excludes halogenated alkanes) is 1. The van der Waals surface area contributed by atoms with E-state index in [9.17, 15) is 4.79 Å². The second-order valence-electron chi connectivity index (χ2n) is 4.92. The molecule has 18 heavy (non-hydrogen) atoms. The maximum atomic E-state index is 11.1. The fraction of sp³-hybridized carbons (Fsp3) is 0.353. The number of aldehydes is 1. The Kier molecular flexibility index (Phi) is 4.52. The highest BCUT2D eigenvalue weighted by Gasteiger charge is 2.08. The van der Waals surface area contributed by atoms with Crippen molar-refractivity contribution in [3.05, 3.63) is 48.0 Å². The van der Waals surface area contributed by atoms with Crippen LogP contribution in [0.3, 0.4) is 0 Å². The largest absolute Gasteiger partial charge is 0.303 e. The summed E-state index contributed by atoms with van der Waals surface area (Å²) in [6, 6.07) is 14.8. The molecule has 0 N–H and O–H groups in total. The smallest absolute Gasteiger partial charge is 0.123 e. The van der Waals surface area contributed by atoms with Gasteiger partial charge in [0.2, 0.25) is 0 Å². The van der Waals surface area contributed by atoms with Crippen molar-refractivity contribution >= 4 is 17.1 Å². The number of carbonyl (C=O) groups is 1. The summed E-state index contributed by atoms with van der Waals surface area (Å²) in [4.78, 5) is 11.1. The Morgan fingerprint density at radius 2 is 1.89 bits per heavy atom. The highest BCUT2D eigenvalue weighted by molar-refractivity contribution is 5.83. The maximum absolute atomic E-state index is 11.1. The first-order valence-electron chi connectivity index (χ1n) is 6.76. The first-order valence-corrected chi connectivity index (χ1v) is 6.76.